The predicted octanol–water partition coefficient (Wildman–Crippen LogP) is 14.8. The van der Waals surface area contributed by atoms with Gasteiger partial charge < -0.3 is 5.11 Å². The molecule has 292 valence electrons. The Bertz CT molecular complexity index is 2810. The molecule has 2 aromatic heterocycles. The SMILES string of the molecule is CC(C)c1cc(-c2nccc3ccccc23)cc(-c2cccc3c2nc(-c2cc(C(C)(C)C)cc(C(C)(C)C)c2O)n3-c2ccc(-c3ccccc3)cc2C(C)C)c1. The summed E-state index contributed by atoms with van der Waals surface area (Å²) in [5.41, 5.74) is 14.2. The summed E-state index contributed by atoms with van der Waals surface area (Å²) in [6.45, 7) is 22.2. The molecule has 8 aromatic rings. The summed E-state index contributed by atoms with van der Waals surface area (Å²) in [4.78, 5) is 10.6. The van der Waals surface area contributed by atoms with Crippen molar-refractivity contribution < 1.29 is 5.11 Å². The molecule has 0 aliphatic carbocycles. The van der Waals surface area contributed by atoms with E-state index in [0.717, 1.165) is 67.0 Å². The highest BCUT2D eigenvalue weighted by molar-refractivity contribution is 5.99. The number of hydrogen-bond acceptors (Lipinski definition) is 3. The number of phenols is 1. The van der Waals surface area contributed by atoms with Gasteiger partial charge in [0.25, 0.3) is 0 Å². The first-order valence-corrected chi connectivity index (χ1v) is 20.7. The summed E-state index contributed by atoms with van der Waals surface area (Å²) in [7, 11) is 0. The van der Waals surface area contributed by atoms with Crippen LogP contribution in [0, 0.1) is 0 Å². The number of imidazole rings is 1. The van der Waals surface area contributed by atoms with Gasteiger partial charge in [0.1, 0.15) is 11.6 Å². The quantitative estimate of drug-likeness (QED) is 0.176. The van der Waals surface area contributed by atoms with Gasteiger partial charge in [0.15, 0.2) is 0 Å². The number of pyridine rings is 1. The summed E-state index contributed by atoms with van der Waals surface area (Å²) >= 11 is 0. The van der Waals surface area contributed by atoms with Gasteiger partial charge in [-0.05, 0) is 104 Å². The van der Waals surface area contributed by atoms with Gasteiger partial charge in [-0.2, -0.15) is 0 Å². The molecule has 0 radical (unpaired) electrons. The summed E-state index contributed by atoms with van der Waals surface area (Å²) in [5, 5.41) is 14.7. The smallest absolute Gasteiger partial charge is 0.149 e. The van der Waals surface area contributed by atoms with Crippen molar-refractivity contribution in [2.75, 3.05) is 0 Å². The Hall–Kier alpha value is -6.00. The summed E-state index contributed by atoms with van der Waals surface area (Å²) in [6, 6.07) is 45.7. The third kappa shape index (κ3) is 7.10. The first kappa shape index (κ1) is 38.9. The molecule has 0 aliphatic rings. The van der Waals surface area contributed by atoms with Gasteiger partial charge in [-0.3, -0.25) is 9.55 Å². The summed E-state index contributed by atoms with van der Waals surface area (Å²) < 4.78 is 2.30. The van der Waals surface area contributed by atoms with Crippen LogP contribution in [-0.2, 0) is 10.8 Å². The van der Waals surface area contributed by atoms with Gasteiger partial charge in [-0.1, -0.05) is 154 Å². The van der Waals surface area contributed by atoms with Crippen molar-refractivity contribution in [3.8, 4) is 56.3 Å². The number of para-hydroxylation sites is 1. The Kier molecular flexibility index (Phi) is 9.88. The molecule has 1 N–H and O–H groups in total. The number of hydrogen-bond donors (Lipinski definition) is 1. The largest absolute Gasteiger partial charge is 0.507 e. The van der Waals surface area contributed by atoms with E-state index in [9.17, 15) is 5.11 Å². The number of benzene rings is 6. The monoisotopic (exact) mass is 761 g/mol. The number of aromatic nitrogens is 3. The molecule has 0 amide bonds. The minimum Gasteiger partial charge on any atom is -0.507 e. The van der Waals surface area contributed by atoms with E-state index in [1.54, 1.807) is 0 Å². The zero-order valence-corrected chi connectivity index (χ0v) is 35.6. The van der Waals surface area contributed by atoms with Crippen LogP contribution in [-0.4, -0.2) is 19.6 Å². The van der Waals surface area contributed by atoms with E-state index >= 15 is 0 Å². The Labute approximate surface area is 344 Å². The Morgan fingerprint density at radius 3 is 2.02 bits per heavy atom. The number of aromatic hydroxyl groups is 1. The lowest BCUT2D eigenvalue weighted by atomic mass is 9.79. The highest BCUT2D eigenvalue weighted by Gasteiger charge is 2.29. The first-order chi connectivity index (χ1) is 27.6. The van der Waals surface area contributed by atoms with Crippen LogP contribution < -0.4 is 0 Å². The van der Waals surface area contributed by atoms with Gasteiger partial charge in [0.2, 0.25) is 0 Å². The van der Waals surface area contributed by atoms with Crippen molar-refractivity contribution in [3.63, 3.8) is 0 Å². The molecule has 6 aromatic carbocycles. The number of phenolic OH excluding ortho intramolecular Hbond substituents is 1. The normalized spacial score (nSPS) is 12.3. The van der Waals surface area contributed by atoms with Crippen LogP contribution in [0.5, 0.6) is 5.75 Å². The van der Waals surface area contributed by atoms with Crippen molar-refractivity contribution >= 4 is 21.8 Å². The fourth-order valence-corrected chi connectivity index (χ4v) is 8.22. The van der Waals surface area contributed by atoms with Crippen LogP contribution in [0.4, 0.5) is 0 Å². The fourth-order valence-electron chi connectivity index (χ4n) is 8.22. The standard InChI is InChI=1S/C54H55N3O/c1-33(2)38-27-39(29-40(28-38)49-42-20-15-14-19-36(42)25-26-55-49)43-21-16-22-48-50(43)56-52(45-31-41(53(5,6)7)32-46(51(45)58)54(8,9)10)57(48)47-24-23-37(30-44(47)34(3)4)35-17-12-11-13-18-35/h11-34,58H,1-10H3. The Morgan fingerprint density at radius 1 is 0.586 bits per heavy atom. The Balaban J connectivity index is 1.46. The number of nitrogens with zero attached hydrogens (tertiary/aromatic N) is 3. The van der Waals surface area contributed by atoms with Crippen molar-refractivity contribution in [1.29, 1.82) is 0 Å². The molecule has 0 aliphatic heterocycles. The maximum Gasteiger partial charge on any atom is 0.149 e. The van der Waals surface area contributed by atoms with Gasteiger partial charge in [0.05, 0.1) is 28.0 Å². The average Bonchev–Trinajstić information content (AvgIpc) is 3.59. The van der Waals surface area contributed by atoms with Crippen LogP contribution in [0.2, 0.25) is 0 Å². The van der Waals surface area contributed by atoms with E-state index in [2.05, 4.69) is 201 Å². The maximum absolute atomic E-state index is 12.4. The maximum atomic E-state index is 12.4. The second-order valence-corrected chi connectivity index (χ2v) is 18.5. The molecule has 2 heterocycles. The molecule has 8 rings (SSSR count). The van der Waals surface area contributed by atoms with E-state index in [-0.39, 0.29) is 22.5 Å². The van der Waals surface area contributed by atoms with E-state index in [1.165, 1.54) is 27.6 Å². The van der Waals surface area contributed by atoms with E-state index in [0.29, 0.717) is 5.92 Å². The van der Waals surface area contributed by atoms with E-state index < -0.39 is 0 Å². The fraction of sp³-hybridized carbons (Fsp3) is 0.259. The number of rotatable bonds is 7. The highest BCUT2D eigenvalue weighted by Crippen LogP contribution is 2.46. The molecule has 0 bridgehead atoms. The minimum absolute atomic E-state index is 0.159. The molecule has 0 unspecified atom stereocenters. The van der Waals surface area contributed by atoms with Gasteiger partial charge in [-0.25, -0.2) is 4.98 Å². The van der Waals surface area contributed by atoms with Crippen LogP contribution in [0.1, 0.15) is 103 Å². The van der Waals surface area contributed by atoms with Gasteiger partial charge in [0, 0.05) is 28.3 Å². The van der Waals surface area contributed by atoms with Crippen molar-refractivity contribution in [2.45, 2.75) is 91.9 Å². The van der Waals surface area contributed by atoms with Crippen LogP contribution >= 0.6 is 0 Å². The lowest BCUT2D eigenvalue weighted by molar-refractivity contribution is 0.446. The lowest BCUT2D eigenvalue weighted by Gasteiger charge is -2.28. The van der Waals surface area contributed by atoms with Crippen molar-refractivity contribution in [2.24, 2.45) is 0 Å². The minimum atomic E-state index is -0.300. The molecule has 0 spiro atoms. The zero-order chi connectivity index (χ0) is 41.1. The van der Waals surface area contributed by atoms with Crippen LogP contribution in [0.3, 0.4) is 0 Å². The third-order valence-electron chi connectivity index (χ3n) is 11.6. The lowest BCUT2D eigenvalue weighted by Crippen LogP contribution is -2.17. The molecular formula is C54H55N3O. The highest BCUT2D eigenvalue weighted by atomic mass is 16.3. The van der Waals surface area contributed by atoms with Crippen LogP contribution in [0.25, 0.3) is 72.4 Å². The summed E-state index contributed by atoms with van der Waals surface area (Å²) in [6.07, 6.45) is 1.91. The van der Waals surface area contributed by atoms with Crippen LogP contribution in [0.15, 0.2) is 134 Å². The topological polar surface area (TPSA) is 50.9 Å². The molecule has 0 saturated heterocycles. The van der Waals surface area contributed by atoms with Crippen molar-refractivity contribution in [1.82, 2.24) is 14.5 Å². The second kappa shape index (κ2) is 14.7. The predicted molar refractivity (Wildman–Crippen MR) is 245 cm³/mol. The average molecular weight is 762 g/mol. The Morgan fingerprint density at radius 2 is 1.31 bits per heavy atom. The second-order valence-electron chi connectivity index (χ2n) is 18.5. The number of fused-ring (bicyclic) bond motifs is 2. The molecule has 4 heteroatoms. The van der Waals surface area contributed by atoms with E-state index in [1.807, 2.05) is 6.20 Å². The molecule has 0 fully saturated rings. The summed E-state index contributed by atoms with van der Waals surface area (Å²) in [5.74, 6) is 1.51. The van der Waals surface area contributed by atoms with E-state index in [4.69, 9.17) is 9.97 Å². The molecule has 58 heavy (non-hydrogen) atoms. The zero-order valence-electron chi connectivity index (χ0n) is 35.6. The molecule has 0 saturated carbocycles. The first-order valence-electron chi connectivity index (χ1n) is 20.7. The molecule has 4 nitrogen and oxygen atoms in total. The third-order valence-corrected chi connectivity index (χ3v) is 11.6. The van der Waals surface area contributed by atoms with Crippen molar-refractivity contribution in [3.05, 3.63) is 156 Å². The molecular weight excluding hydrogens is 707 g/mol. The molecule has 0 atom stereocenters. The van der Waals surface area contributed by atoms with Gasteiger partial charge >= 0.3 is 0 Å². The van der Waals surface area contributed by atoms with Gasteiger partial charge in [-0.15, -0.1) is 0 Å².